The van der Waals surface area contributed by atoms with Crippen molar-refractivity contribution in [2.24, 2.45) is 0 Å². The van der Waals surface area contributed by atoms with Crippen LogP contribution in [0, 0.1) is 10.1 Å². The summed E-state index contributed by atoms with van der Waals surface area (Å²) in [5.41, 5.74) is 0.661. The topological polar surface area (TPSA) is 111 Å². The van der Waals surface area contributed by atoms with Crippen molar-refractivity contribution in [2.75, 3.05) is 11.9 Å². The van der Waals surface area contributed by atoms with Crippen molar-refractivity contribution in [1.82, 2.24) is 5.32 Å². The van der Waals surface area contributed by atoms with Crippen LogP contribution in [0.3, 0.4) is 0 Å². The van der Waals surface area contributed by atoms with Crippen LogP contribution in [0.1, 0.15) is 42.5 Å². The zero-order chi connectivity index (χ0) is 21.5. The minimum atomic E-state index is -0.515. The molecule has 3 rings (SSSR count). The second-order valence-corrected chi connectivity index (χ2v) is 7.50. The van der Waals surface area contributed by atoms with Crippen LogP contribution >= 0.6 is 11.6 Å². The van der Waals surface area contributed by atoms with Crippen molar-refractivity contribution in [3.8, 4) is 5.75 Å². The molecule has 1 aliphatic carbocycles. The fourth-order valence-corrected chi connectivity index (χ4v) is 3.50. The van der Waals surface area contributed by atoms with Crippen molar-refractivity contribution >= 4 is 34.8 Å². The number of hydrogen-bond donors (Lipinski definition) is 2. The molecule has 0 heterocycles. The summed E-state index contributed by atoms with van der Waals surface area (Å²) in [6, 6.07) is 10.3. The lowest BCUT2D eigenvalue weighted by atomic mass is 9.95. The van der Waals surface area contributed by atoms with E-state index >= 15 is 0 Å². The Bertz CT molecular complexity index is 927. The molecule has 2 aromatic rings. The first-order chi connectivity index (χ1) is 14.4. The van der Waals surface area contributed by atoms with Crippen LogP contribution in [0.5, 0.6) is 5.75 Å². The lowest BCUT2D eigenvalue weighted by Gasteiger charge is -2.23. The monoisotopic (exact) mass is 431 g/mol. The van der Waals surface area contributed by atoms with Gasteiger partial charge < -0.3 is 15.4 Å². The Morgan fingerprint density at radius 3 is 2.47 bits per heavy atom. The Morgan fingerprint density at radius 1 is 1.10 bits per heavy atom. The predicted molar refractivity (Wildman–Crippen MR) is 113 cm³/mol. The number of nitrogens with one attached hydrogen (secondary N) is 2. The Labute approximate surface area is 178 Å². The number of rotatable bonds is 7. The summed E-state index contributed by atoms with van der Waals surface area (Å²) in [4.78, 5) is 34.9. The van der Waals surface area contributed by atoms with Gasteiger partial charge in [-0.3, -0.25) is 19.7 Å². The van der Waals surface area contributed by atoms with E-state index in [1.54, 1.807) is 12.1 Å². The average Bonchev–Trinajstić information content (AvgIpc) is 2.74. The van der Waals surface area contributed by atoms with Crippen LogP contribution in [-0.2, 0) is 4.79 Å². The molecule has 2 aromatic carbocycles. The van der Waals surface area contributed by atoms with Gasteiger partial charge in [0.05, 0.1) is 15.5 Å². The summed E-state index contributed by atoms with van der Waals surface area (Å²) in [5, 5.41) is 16.6. The highest BCUT2D eigenvalue weighted by Crippen LogP contribution is 2.23. The first-order valence-corrected chi connectivity index (χ1v) is 10.1. The van der Waals surface area contributed by atoms with Crippen LogP contribution in [0.25, 0.3) is 0 Å². The lowest BCUT2D eigenvalue weighted by molar-refractivity contribution is -0.384. The van der Waals surface area contributed by atoms with Gasteiger partial charge >= 0.3 is 0 Å². The molecule has 158 valence electrons. The summed E-state index contributed by atoms with van der Waals surface area (Å²) in [5.74, 6) is -0.362. The molecule has 2 amide bonds. The van der Waals surface area contributed by atoms with Gasteiger partial charge in [-0.2, -0.15) is 0 Å². The van der Waals surface area contributed by atoms with E-state index in [0.717, 1.165) is 25.7 Å². The molecule has 1 saturated carbocycles. The van der Waals surface area contributed by atoms with E-state index < -0.39 is 10.8 Å². The third-order valence-electron chi connectivity index (χ3n) is 4.85. The van der Waals surface area contributed by atoms with Gasteiger partial charge in [0, 0.05) is 23.9 Å². The quantitative estimate of drug-likeness (QED) is 0.500. The van der Waals surface area contributed by atoms with E-state index in [9.17, 15) is 19.7 Å². The van der Waals surface area contributed by atoms with E-state index in [0.29, 0.717) is 22.0 Å². The highest BCUT2D eigenvalue weighted by molar-refractivity contribution is 6.34. The molecule has 0 aromatic heterocycles. The van der Waals surface area contributed by atoms with Gasteiger partial charge in [0.1, 0.15) is 5.75 Å². The number of anilines is 1. The summed E-state index contributed by atoms with van der Waals surface area (Å²) in [6.45, 7) is -0.288. The number of non-ortho nitro benzene ring substituents is 1. The third-order valence-corrected chi connectivity index (χ3v) is 5.18. The number of halogens is 1. The maximum Gasteiger partial charge on any atom is 0.269 e. The molecule has 9 heteroatoms. The van der Waals surface area contributed by atoms with Crippen LogP contribution in [-0.4, -0.2) is 29.4 Å². The predicted octanol–water partition coefficient (Wildman–Crippen LogP) is 4.33. The SMILES string of the molecule is O=C(COc1ccc([N+](=O)[O-])cc1)Nc1ccc(Cl)c(C(=O)NC2CCCCC2)c1. The number of nitrogens with zero attached hydrogens (tertiary/aromatic N) is 1. The molecule has 8 nitrogen and oxygen atoms in total. The molecule has 0 bridgehead atoms. The van der Waals surface area contributed by atoms with Gasteiger partial charge in [-0.15, -0.1) is 0 Å². The fourth-order valence-electron chi connectivity index (χ4n) is 3.30. The molecule has 0 unspecified atom stereocenters. The van der Waals surface area contributed by atoms with Gasteiger partial charge in [0.25, 0.3) is 17.5 Å². The molecule has 0 atom stereocenters. The van der Waals surface area contributed by atoms with Crippen molar-refractivity contribution in [1.29, 1.82) is 0 Å². The second-order valence-electron chi connectivity index (χ2n) is 7.09. The zero-order valence-electron chi connectivity index (χ0n) is 16.2. The van der Waals surface area contributed by atoms with E-state index in [1.807, 2.05) is 0 Å². The van der Waals surface area contributed by atoms with Gasteiger partial charge in [-0.1, -0.05) is 30.9 Å². The van der Waals surface area contributed by atoms with Crippen LogP contribution in [0.2, 0.25) is 5.02 Å². The third kappa shape index (κ3) is 5.93. The fraction of sp³-hybridized carbons (Fsp3) is 0.333. The maximum atomic E-state index is 12.6. The Kier molecular flexibility index (Phi) is 7.24. The second kappa shape index (κ2) is 10.1. The molecular formula is C21H22ClN3O5. The average molecular weight is 432 g/mol. The highest BCUT2D eigenvalue weighted by atomic mass is 35.5. The zero-order valence-corrected chi connectivity index (χ0v) is 17.0. The molecule has 0 radical (unpaired) electrons. The first-order valence-electron chi connectivity index (χ1n) is 9.70. The van der Waals surface area contributed by atoms with Crippen LogP contribution in [0.4, 0.5) is 11.4 Å². The summed E-state index contributed by atoms with van der Waals surface area (Å²) in [7, 11) is 0. The number of benzene rings is 2. The molecule has 30 heavy (non-hydrogen) atoms. The van der Waals surface area contributed by atoms with Crippen molar-refractivity contribution < 1.29 is 19.2 Å². The summed E-state index contributed by atoms with van der Waals surface area (Å²) >= 11 is 6.18. The van der Waals surface area contributed by atoms with E-state index in [-0.39, 0.29) is 24.2 Å². The number of ether oxygens (including phenoxy) is 1. The normalized spacial score (nSPS) is 14.0. The van der Waals surface area contributed by atoms with Crippen LogP contribution < -0.4 is 15.4 Å². The number of carbonyl (C=O) groups is 2. The number of hydrogen-bond acceptors (Lipinski definition) is 5. The molecular weight excluding hydrogens is 410 g/mol. The number of nitro groups is 1. The van der Waals surface area contributed by atoms with Gasteiger partial charge in [-0.25, -0.2) is 0 Å². The van der Waals surface area contributed by atoms with Crippen LogP contribution in [0.15, 0.2) is 42.5 Å². The smallest absolute Gasteiger partial charge is 0.269 e. The standard InChI is InChI=1S/C21H22ClN3O5/c22-19-11-6-15(12-18(19)21(27)24-14-4-2-1-3-5-14)23-20(26)13-30-17-9-7-16(8-10-17)25(28)29/h6-12,14H,1-5,13H2,(H,23,26)(H,24,27). The van der Waals surface area contributed by atoms with Crippen molar-refractivity contribution in [3.63, 3.8) is 0 Å². The van der Waals surface area contributed by atoms with Gasteiger partial charge in [-0.05, 0) is 43.2 Å². The van der Waals surface area contributed by atoms with Gasteiger partial charge in [0.15, 0.2) is 6.61 Å². The number of nitro benzene ring substituents is 1. The van der Waals surface area contributed by atoms with Crippen molar-refractivity contribution in [3.05, 3.63) is 63.2 Å². The molecule has 0 saturated heterocycles. The Hall–Kier alpha value is -3.13. The largest absolute Gasteiger partial charge is 0.484 e. The highest BCUT2D eigenvalue weighted by Gasteiger charge is 2.19. The summed E-state index contributed by atoms with van der Waals surface area (Å²) in [6.07, 6.45) is 5.31. The lowest BCUT2D eigenvalue weighted by Crippen LogP contribution is -2.36. The van der Waals surface area contributed by atoms with E-state index in [4.69, 9.17) is 16.3 Å². The van der Waals surface area contributed by atoms with Crippen molar-refractivity contribution in [2.45, 2.75) is 38.1 Å². The van der Waals surface area contributed by atoms with E-state index in [1.165, 1.54) is 36.8 Å². The minimum Gasteiger partial charge on any atom is -0.484 e. The molecule has 0 aliphatic heterocycles. The molecule has 1 aliphatic rings. The molecule has 0 spiro atoms. The number of carbonyl (C=O) groups excluding carboxylic acids is 2. The maximum absolute atomic E-state index is 12.6. The first kappa shape index (κ1) is 21.6. The van der Waals surface area contributed by atoms with E-state index in [2.05, 4.69) is 10.6 Å². The minimum absolute atomic E-state index is 0.0630. The Balaban J connectivity index is 1.56. The molecule has 1 fully saturated rings. The summed E-state index contributed by atoms with van der Waals surface area (Å²) < 4.78 is 5.34. The van der Waals surface area contributed by atoms with Gasteiger partial charge in [0.2, 0.25) is 0 Å². The number of amides is 2. The molecule has 2 N–H and O–H groups in total. The Morgan fingerprint density at radius 2 is 1.80 bits per heavy atom.